The second-order valence-electron chi connectivity index (χ2n) is 3.04. The lowest BCUT2D eigenvalue weighted by Gasteiger charge is -2.08. The van der Waals surface area contributed by atoms with Gasteiger partial charge in [-0.15, -0.1) is 6.42 Å². The van der Waals surface area contributed by atoms with Crippen LogP contribution < -0.4 is 0 Å². The maximum atomic E-state index is 5.20. The first-order valence-electron chi connectivity index (χ1n) is 4.38. The average Bonchev–Trinajstić information content (AvgIpc) is 2.03. The van der Waals surface area contributed by atoms with Crippen LogP contribution in [0.5, 0.6) is 0 Å². The molecular weight excluding hydrogens is 132 g/mol. The Morgan fingerprint density at radius 3 is 2.55 bits per heavy atom. The Morgan fingerprint density at radius 1 is 1.55 bits per heavy atom. The third kappa shape index (κ3) is 4.67. The Kier molecular flexibility index (Phi) is 5.65. The highest BCUT2D eigenvalue weighted by Crippen LogP contribution is 2.16. The molecule has 0 rings (SSSR count). The van der Waals surface area contributed by atoms with Crippen molar-refractivity contribution in [2.45, 2.75) is 40.0 Å². The van der Waals surface area contributed by atoms with Crippen molar-refractivity contribution < 1.29 is 0 Å². The fraction of sp³-hybridized carbons (Fsp3) is 0.636. The van der Waals surface area contributed by atoms with Crippen molar-refractivity contribution in [3.63, 3.8) is 0 Å². The Hall–Kier alpha value is -0.700. The molecule has 0 bridgehead atoms. The summed E-state index contributed by atoms with van der Waals surface area (Å²) in [5.41, 5.74) is 1.40. The predicted molar refractivity (Wildman–Crippen MR) is 51.3 cm³/mol. The summed E-state index contributed by atoms with van der Waals surface area (Å²) < 4.78 is 0. The summed E-state index contributed by atoms with van der Waals surface area (Å²) in [7, 11) is 0. The SMILES string of the molecule is C#CC=C(CC)CC(C)CC. The number of hydrogen-bond donors (Lipinski definition) is 0. The third-order valence-corrected chi connectivity index (χ3v) is 2.05. The van der Waals surface area contributed by atoms with Crippen LogP contribution in [0.4, 0.5) is 0 Å². The highest BCUT2D eigenvalue weighted by atomic mass is 14.1. The molecular formula is C11H18. The molecule has 0 aliphatic rings. The van der Waals surface area contributed by atoms with Crippen LogP contribution >= 0.6 is 0 Å². The minimum atomic E-state index is 0.773. The number of rotatable bonds is 4. The second kappa shape index (κ2) is 6.04. The van der Waals surface area contributed by atoms with Crippen LogP contribution in [0.3, 0.4) is 0 Å². The van der Waals surface area contributed by atoms with Crippen LogP contribution in [0.1, 0.15) is 40.0 Å². The van der Waals surface area contributed by atoms with E-state index in [2.05, 4.69) is 26.7 Å². The Morgan fingerprint density at radius 2 is 2.18 bits per heavy atom. The molecule has 0 spiro atoms. The molecule has 0 fully saturated rings. The summed E-state index contributed by atoms with van der Waals surface area (Å²) in [6, 6.07) is 0. The van der Waals surface area contributed by atoms with Gasteiger partial charge in [0.1, 0.15) is 0 Å². The highest BCUT2D eigenvalue weighted by molar-refractivity contribution is 5.17. The van der Waals surface area contributed by atoms with E-state index in [0.29, 0.717) is 0 Å². The van der Waals surface area contributed by atoms with E-state index >= 15 is 0 Å². The molecule has 11 heavy (non-hydrogen) atoms. The molecule has 0 aromatic carbocycles. The van der Waals surface area contributed by atoms with Crippen LogP contribution in [-0.2, 0) is 0 Å². The fourth-order valence-corrected chi connectivity index (χ4v) is 1.02. The zero-order chi connectivity index (χ0) is 8.69. The van der Waals surface area contributed by atoms with Gasteiger partial charge < -0.3 is 0 Å². The molecule has 0 aliphatic carbocycles. The Labute approximate surface area is 70.7 Å². The first-order chi connectivity index (χ1) is 5.24. The van der Waals surface area contributed by atoms with Crippen LogP contribution in [0.25, 0.3) is 0 Å². The minimum Gasteiger partial charge on any atom is -0.115 e. The largest absolute Gasteiger partial charge is 0.115 e. The third-order valence-electron chi connectivity index (χ3n) is 2.05. The van der Waals surface area contributed by atoms with E-state index in [1.54, 1.807) is 0 Å². The maximum Gasteiger partial charge on any atom is -0.0130 e. The van der Waals surface area contributed by atoms with Crippen molar-refractivity contribution >= 4 is 0 Å². The van der Waals surface area contributed by atoms with Gasteiger partial charge in [-0.2, -0.15) is 0 Å². The Bertz CT molecular complexity index is 157. The molecule has 0 amide bonds. The zero-order valence-electron chi connectivity index (χ0n) is 7.85. The average molecular weight is 150 g/mol. The van der Waals surface area contributed by atoms with Gasteiger partial charge in [0.2, 0.25) is 0 Å². The molecule has 0 radical (unpaired) electrons. The van der Waals surface area contributed by atoms with E-state index in [9.17, 15) is 0 Å². The fourth-order valence-electron chi connectivity index (χ4n) is 1.02. The predicted octanol–water partition coefficient (Wildman–Crippen LogP) is 3.39. The molecule has 1 atom stereocenters. The lowest BCUT2D eigenvalue weighted by atomic mass is 9.97. The normalized spacial score (nSPS) is 14.2. The summed E-state index contributed by atoms with van der Waals surface area (Å²) >= 11 is 0. The lowest BCUT2D eigenvalue weighted by molar-refractivity contribution is 0.550. The quantitative estimate of drug-likeness (QED) is 0.539. The van der Waals surface area contributed by atoms with Gasteiger partial charge in [0.25, 0.3) is 0 Å². The minimum absolute atomic E-state index is 0.773. The standard InChI is InChI=1S/C11H18/c1-5-8-11(7-3)9-10(4)6-2/h1,8,10H,6-7,9H2,2-4H3. The zero-order valence-corrected chi connectivity index (χ0v) is 7.85. The smallest absolute Gasteiger partial charge is 0.0130 e. The first-order valence-corrected chi connectivity index (χ1v) is 4.38. The molecule has 0 heteroatoms. The van der Waals surface area contributed by atoms with E-state index in [4.69, 9.17) is 6.42 Å². The van der Waals surface area contributed by atoms with Crippen molar-refractivity contribution in [3.05, 3.63) is 11.6 Å². The molecule has 0 aromatic rings. The topological polar surface area (TPSA) is 0 Å². The van der Waals surface area contributed by atoms with Crippen LogP contribution in [0, 0.1) is 18.3 Å². The number of hydrogen-bond acceptors (Lipinski definition) is 0. The number of terminal acetylenes is 1. The van der Waals surface area contributed by atoms with Crippen molar-refractivity contribution in [2.75, 3.05) is 0 Å². The van der Waals surface area contributed by atoms with Gasteiger partial charge in [-0.3, -0.25) is 0 Å². The molecule has 0 saturated carbocycles. The van der Waals surface area contributed by atoms with Crippen LogP contribution in [0.2, 0.25) is 0 Å². The van der Waals surface area contributed by atoms with E-state index in [-0.39, 0.29) is 0 Å². The van der Waals surface area contributed by atoms with Crippen molar-refractivity contribution in [2.24, 2.45) is 5.92 Å². The lowest BCUT2D eigenvalue weighted by Crippen LogP contribution is -1.94. The van der Waals surface area contributed by atoms with E-state index < -0.39 is 0 Å². The summed E-state index contributed by atoms with van der Waals surface area (Å²) in [6.07, 6.45) is 10.6. The maximum absolute atomic E-state index is 5.20. The first kappa shape index (κ1) is 10.3. The molecule has 0 nitrogen and oxygen atoms in total. The van der Waals surface area contributed by atoms with E-state index in [1.807, 2.05) is 6.08 Å². The Balaban J connectivity index is 3.90. The van der Waals surface area contributed by atoms with Crippen molar-refractivity contribution in [1.82, 2.24) is 0 Å². The highest BCUT2D eigenvalue weighted by Gasteiger charge is 2.00. The van der Waals surface area contributed by atoms with Crippen molar-refractivity contribution in [1.29, 1.82) is 0 Å². The van der Waals surface area contributed by atoms with Gasteiger partial charge in [0.05, 0.1) is 0 Å². The van der Waals surface area contributed by atoms with Crippen molar-refractivity contribution in [3.8, 4) is 12.3 Å². The molecule has 62 valence electrons. The molecule has 0 saturated heterocycles. The van der Waals surface area contributed by atoms with Gasteiger partial charge >= 0.3 is 0 Å². The summed E-state index contributed by atoms with van der Waals surface area (Å²) in [4.78, 5) is 0. The van der Waals surface area contributed by atoms with Gasteiger partial charge in [-0.1, -0.05) is 38.7 Å². The molecule has 1 unspecified atom stereocenters. The molecule has 0 heterocycles. The van der Waals surface area contributed by atoms with Crippen LogP contribution in [0.15, 0.2) is 11.6 Å². The molecule has 0 aliphatic heterocycles. The van der Waals surface area contributed by atoms with Gasteiger partial charge in [-0.25, -0.2) is 0 Å². The number of allylic oxidation sites excluding steroid dienone is 2. The second-order valence-corrected chi connectivity index (χ2v) is 3.04. The van der Waals surface area contributed by atoms with E-state index in [1.165, 1.54) is 12.0 Å². The monoisotopic (exact) mass is 150 g/mol. The van der Waals surface area contributed by atoms with E-state index in [0.717, 1.165) is 18.8 Å². The summed E-state index contributed by atoms with van der Waals surface area (Å²) in [5.74, 6) is 3.36. The molecule has 0 N–H and O–H groups in total. The van der Waals surface area contributed by atoms with Gasteiger partial charge in [-0.05, 0) is 24.8 Å². The van der Waals surface area contributed by atoms with Gasteiger partial charge in [0.15, 0.2) is 0 Å². The summed E-state index contributed by atoms with van der Waals surface area (Å²) in [6.45, 7) is 6.64. The summed E-state index contributed by atoms with van der Waals surface area (Å²) in [5, 5.41) is 0. The van der Waals surface area contributed by atoms with Gasteiger partial charge in [0, 0.05) is 0 Å². The molecule has 0 aromatic heterocycles. The van der Waals surface area contributed by atoms with Crippen LogP contribution in [-0.4, -0.2) is 0 Å².